The molecule has 0 amide bonds. The molecule has 0 bridgehead atoms. The van der Waals surface area contributed by atoms with Crippen molar-refractivity contribution in [2.24, 2.45) is 0 Å². The van der Waals surface area contributed by atoms with Crippen molar-refractivity contribution in [3.05, 3.63) is 128 Å². The Balaban J connectivity index is 1.56. The van der Waals surface area contributed by atoms with Crippen LogP contribution in [0.4, 0.5) is 0 Å². The van der Waals surface area contributed by atoms with E-state index in [0.717, 1.165) is 54.4 Å². The predicted molar refractivity (Wildman–Crippen MR) is 155 cm³/mol. The lowest BCUT2D eigenvalue weighted by molar-refractivity contribution is 0.869. The molecule has 0 atom stereocenters. The summed E-state index contributed by atoms with van der Waals surface area (Å²) >= 11 is 1.68. The summed E-state index contributed by atoms with van der Waals surface area (Å²) in [4.78, 5) is 13.5. The molecule has 0 spiro atoms. The van der Waals surface area contributed by atoms with Crippen LogP contribution in [0.15, 0.2) is 83.7 Å². The summed E-state index contributed by atoms with van der Waals surface area (Å²) < 4.78 is 2.05. The van der Waals surface area contributed by atoms with Gasteiger partial charge in [0.05, 0.1) is 5.71 Å². The molecule has 0 aliphatic rings. The maximum atomic E-state index is 13.5. The molecule has 0 saturated carbocycles. The third-order valence-electron chi connectivity index (χ3n) is 7.08. The fraction of sp³-hybridized carbons (Fsp3) is 0.212. The van der Waals surface area contributed by atoms with Crippen LogP contribution in [0.5, 0.6) is 0 Å². The lowest BCUT2D eigenvalue weighted by Crippen LogP contribution is -2.09. The molecule has 4 aromatic carbocycles. The van der Waals surface area contributed by atoms with Crippen LogP contribution in [0, 0.1) is 12.3 Å². The Kier molecular flexibility index (Phi) is 6.59. The Morgan fingerprint density at radius 1 is 0.833 bits per heavy atom. The first-order valence-corrected chi connectivity index (χ1v) is 13.4. The van der Waals surface area contributed by atoms with Crippen LogP contribution in [0.25, 0.3) is 20.2 Å². The van der Waals surface area contributed by atoms with Crippen molar-refractivity contribution in [2.45, 2.75) is 46.5 Å². The minimum atomic E-state index is 0.108. The van der Waals surface area contributed by atoms with Gasteiger partial charge in [0.25, 0.3) is 0 Å². The van der Waals surface area contributed by atoms with Gasteiger partial charge in [-0.1, -0.05) is 69.3 Å². The Hall–Kier alpha value is -3.56. The molecule has 0 fully saturated rings. The van der Waals surface area contributed by atoms with Gasteiger partial charge in [-0.25, -0.2) is 0 Å². The summed E-state index contributed by atoms with van der Waals surface area (Å²) in [5.41, 5.74) is 8.32. The van der Waals surface area contributed by atoms with Crippen LogP contribution in [-0.4, -0.2) is 5.71 Å². The molecule has 36 heavy (non-hydrogen) atoms. The molecule has 0 radical (unpaired) electrons. The van der Waals surface area contributed by atoms with Crippen molar-refractivity contribution in [1.29, 1.82) is 5.41 Å². The molecule has 1 aromatic heterocycles. The number of nitrogens with one attached hydrogen (secondary N) is 1. The van der Waals surface area contributed by atoms with Crippen molar-refractivity contribution < 1.29 is 0 Å². The molecular formula is C33H31NOS. The molecule has 1 N–H and O–H groups in total. The zero-order valence-electron chi connectivity index (χ0n) is 21.3. The lowest BCUT2D eigenvalue weighted by Gasteiger charge is -2.14. The van der Waals surface area contributed by atoms with E-state index >= 15 is 0 Å². The number of aryl methyl sites for hydroxylation is 2. The van der Waals surface area contributed by atoms with Crippen molar-refractivity contribution in [3.63, 3.8) is 0 Å². The molecule has 180 valence electrons. The fourth-order valence-electron chi connectivity index (χ4n) is 4.83. The Bertz CT molecular complexity index is 1680. The number of hydrogen-bond donors (Lipinski definition) is 1. The maximum absolute atomic E-state index is 13.5. The Morgan fingerprint density at radius 3 is 2.28 bits per heavy atom. The van der Waals surface area contributed by atoms with Gasteiger partial charge >= 0.3 is 0 Å². The minimum absolute atomic E-state index is 0.108. The molecule has 5 rings (SSSR count). The van der Waals surface area contributed by atoms with Gasteiger partial charge in [-0.3, -0.25) is 10.2 Å². The quantitative estimate of drug-likeness (QED) is 0.189. The van der Waals surface area contributed by atoms with Gasteiger partial charge in [0.15, 0.2) is 5.43 Å². The standard InChI is InChI=1S/C33H31NOS/c1-5-22-11-10-21(4)27(17-22)32(34)26-9-7-6-8-25(26)16-23-12-14-30-28(18-23)33(35)29-19-24(20(2)3)13-15-31(29)36-30/h6-15,17-20,34H,5,16H2,1-4H3. The lowest BCUT2D eigenvalue weighted by atomic mass is 9.90. The van der Waals surface area contributed by atoms with Gasteiger partial charge in [-0.15, -0.1) is 11.3 Å². The average molecular weight is 490 g/mol. The molecule has 0 saturated heterocycles. The number of rotatable bonds is 6. The Labute approximate surface area is 216 Å². The molecular weight excluding hydrogens is 458 g/mol. The van der Waals surface area contributed by atoms with Gasteiger partial charge in [-0.2, -0.15) is 0 Å². The molecule has 1 heterocycles. The van der Waals surface area contributed by atoms with E-state index < -0.39 is 0 Å². The van der Waals surface area contributed by atoms with Gasteiger partial charge in [0.2, 0.25) is 0 Å². The van der Waals surface area contributed by atoms with E-state index in [1.807, 2.05) is 18.2 Å². The third-order valence-corrected chi connectivity index (χ3v) is 8.24. The van der Waals surface area contributed by atoms with E-state index in [-0.39, 0.29) is 5.43 Å². The van der Waals surface area contributed by atoms with E-state index in [0.29, 0.717) is 18.1 Å². The van der Waals surface area contributed by atoms with E-state index in [1.165, 1.54) is 11.1 Å². The normalized spacial score (nSPS) is 11.5. The average Bonchev–Trinajstić information content (AvgIpc) is 2.89. The number of benzene rings is 4. The van der Waals surface area contributed by atoms with Crippen molar-refractivity contribution in [3.8, 4) is 0 Å². The first-order valence-electron chi connectivity index (χ1n) is 12.6. The largest absolute Gasteiger partial charge is 0.300 e. The van der Waals surface area contributed by atoms with Gasteiger partial charge < -0.3 is 0 Å². The zero-order valence-corrected chi connectivity index (χ0v) is 22.1. The molecule has 2 nitrogen and oxygen atoms in total. The fourth-order valence-corrected chi connectivity index (χ4v) is 5.86. The van der Waals surface area contributed by atoms with Crippen LogP contribution in [0.3, 0.4) is 0 Å². The maximum Gasteiger partial charge on any atom is 0.195 e. The first kappa shape index (κ1) is 24.1. The second-order valence-corrected chi connectivity index (χ2v) is 11.0. The van der Waals surface area contributed by atoms with Crippen molar-refractivity contribution in [2.75, 3.05) is 0 Å². The van der Waals surface area contributed by atoms with Gasteiger partial charge in [0, 0.05) is 31.3 Å². The monoisotopic (exact) mass is 489 g/mol. The van der Waals surface area contributed by atoms with Crippen LogP contribution < -0.4 is 5.43 Å². The van der Waals surface area contributed by atoms with Crippen LogP contribution in [0.2, 0.25) is 0 Å². The number of fused-ring (bicyclic) bond motifs is 2. The summed E-state index contributed by atoms with van der Waals surface area (Å²) in [6, 6.07) is 27.1. The molecule has 3 heteroatoms. The summed E-state index contributed by atoms with van der Waals surface area (Å²) in [5.74, 6) is 0.384. The third kappa shape index (κ3) is 4.52. The summed E-state index contributed by atoms with van der Waals surface area (Å²) in [6.45, 7) is 8.53. The van der Waals surface area contributed by atoms with Gasteiger partial charge in [0.1, 0.15) is 0 Å². The highest BCUT2D eigenvalue weighted by Gasteiger charge is 2.14. The molecule has 5 aromatic rings. The highest BCUT2D eigenvalue weighted by Crippen LogP contribution is 2.29. The molecule has 0 aliphatic heterocycles. The highest BCUT2D eigenvalue weighted by molar-refractivity contribution is 7.24. The van der Waals surface area contributed by atoms with E-state index in [2.05, 4.69) is 88.4 Å². The Morgan fingerprint density at radius 2 is 1.53 bits per heavy atom. The second kappa shape index (κ2) is 9.83. The predicted octanol–water partition coefficient (Wildman–Crippen LogP) is 8.42. The van der Waals surface area contributed by atoms with E-state index in [1.54, 1.807) is 11.3 Å². The zero-order chi connectivity index (χ0) is 25.4. The second-order valence-electron chi connectivity index (χ2n) is 9.88. The van der Waals surface area contributed by atoms with Crippen molar-refractivity contribution in [1.82, 2.24) is 0 Å². The van der Waals surface area contributed by atoms with Crippen LogP contribution >= 0.6 is 11.3 Å². The van der Waals surface area contributed by atoms with E-state index in [4.69, 9.17) is 5.41 Å². The van der Waals surface area contributed by atoms with Crippen LogP contribution in [0.1, 0.15) is 65.6 Å². The summed E-state index contributed by atoms with van der Waals surface area (Å²) in [5, 5.41) is 10.6. The molecule has 0 aliphatic carbocycles. The van der Waals surface area contributed by atoms with Crippen molar-refractivity contribution >= 4 is 37.2 Å². The topological polar surface area (TPSA) is 40.9 Å². The highest BCUT2D eigenvalue weighted by atomic mass is 32.1. The number of hydrogen-bond acceptors (Lipinski definition) is 3. The summed E-state index contributed by atoms with van der Waals surface area (Å²) in [6.07, 6.45) is 1.63. The smallest absolute Gasteiger partial charge is 0.195 e. The minimum Gasteiger partial charge on any atom is -0.300 e. The van der Waals surface area contributed by atoms with Crippen LogP contribution in [-0.2, 0) is 12.8 Å². The SMILES string of the molecule is CCc1ccc(C)c(C(=N)c2ccccc2Cc2ccc3sc4ccc(C(C)C)cc4c(=O)c3c2)c1. The first-order chi connectivity index (χ1) is 17.4. The molecule has 0 unspecified atom stereocenters. The summed E-state index contributed by atoms with van der Waals surface area (Å²) in [7, 11) is 0. The van der Waals surface area contributed by atoms with E-state index in [9.17, 15) is 4.79 Å². The van der Waals surface area contributed by atoms with Gasteiger partial charge in [-0.05, 0) is 83.8 Å².